The second kappa shape index (κ2) is 13.3. The molecule has 222 valence electrons. The minimum atomic E-state index is -0.468. The Kier molecular flexibility index (Phi) is 8.90. The molecule has 42 heavy (non-hydrogen) atoms. The van der Waals surface area contributed by atoms with Crippen LogP contribution in [0.4, 0.5) is 4.39 Å². The molecule has 0 spiro atoms. The highest BCUT2D eigenvalue weighted by Gasteiger charge is 2.19. The summed E-state index contributed by atoms with van der Waals surface area (Å²) in [5.41, 5.74) is 2.31. The van der Waals surface area contributed by atoms with Crippen molar-refractivity contribution in [2.24, 2.45) is 0 Å². The Labute approximate surface area is 243 Å². The zero-order valence-electron chi connectivity index (χ0n) is 23.6. The van der Waals surface area contributed by atoms with Crippen molar-refractivity contribution in [1.29, 1.82) is 0 Å². The van der Waals surface area contributed by atoms with Gasteiger partial charge in [0.1, 0.15) is 31.1 Å². The van der Waals surface area contributed by atoms with Gasteiger partial charge in [0, 0.05) is 57.4 Å². The Bertz CT molecular complexity index is 1510. The molecule has 2 aliphatic heterocycles. The smallest absolute Gasteiger partial charge is 0.273 e. The number of pyridine rings is 1. The number of carbonyl (C=O) groups excluding carboxylic acids is 1. The lowest BCUT2D eigenvalue weighted by Crippen LogP contribution is -2.33. The van der Waals surface area contributed by atoms with Gasteiger partial charge in [-0.2, -0.15) is 0 Å². The van der Waals surface area contributed by atoms with Crippen LogP contribution in [0.25, 0.3) is 11.0 Å². The number of fused-ring (bicyclic) bond motifs is 2. The normalized spacial score (nSPS) is 15.3. The molecule has 1 amide bonds. The van der Waals surface area contributed by atoms with Crippen LogP contribution in [0, 0.1) is 5.82 Å². The van der Waals surface area contributed by atoms with Gasteiger partial charge in [-0.05, 0) is 38.1 Å². The van der Waals surface area contributed by atoms with E-state index in [1.165, 1.54) is 43.9 Å². The number of oxazole rings is 1. The SMILES string of the molecule is O=C(NCc1ncccc1F)c1coc(CCNCCc2nc3cc4c(cc3n2CCN2CCCCC2)OCCO4)n1. The van der Waals surface area contributed by atoms with Gasteiger partial charge in [0.25, 0.3) is 5.91 Å². The zero-order chi connectivity index (χ0) is 28.7. The molecule has 0 atom stereocenters. The summed E-state index contributed by atoms with van der Waals surface area (Å²) in [4.78, 5) is 28.1. The molecular weight excluding hydrogens is 541 g/mol. The standard InChI is InChI=1S/C30H36FN7O4/c31-21-5-4-8-33-23(21)19-34-30(39)24-20-42-29(36-24)7-10-32-9-6-28-35-22-17-26-27(41-16-15-40-26)18-25(22)38(28)14-13-37-11-2-1-3-12-37/h4-5,8,17-18,20,32H,1-3,6-7,9-16,19H2,(H,34,39). The lowest BCUT2D eigenvalue weighted by atomic mass is 10.1. The molecule has 0 unspecified atom stereocenters. The second-order valence-corrected chi connectivity index (χ2v) is 10.6. The molecule has 6 rings (SSSR count). The number of nitrogens with zero attached hydrogens (tertiary/aromatic N) is 5. The third-order valence-corrected chi connectivity index (χ3v) is 7.66. The molecule has 0 bridgehead atoms. The van der Waals surface area contributed by atoms with E-state index < -0.39 is 11.7 Å². The predicted octanol–water partition coefficient (Wildman–Crippen LogP) is 3.12. The first kappa shape index (κ1) is 28.1. The first-order chi connectivity index (χ1) is 20.6. The summed E-state index contributed by atoms with van der Waals surface area (Å²) < 4.78 is 33.2. The minimum absolute atomic E-state index is 0.0271. The van der Waals surface area contributed by atoms with Crippen molar-refractivity contribution in [2.75, 3.05) is 45.9 Å². The quantitative estimate of drug-likeness (QED) is 0.245. The maximum atomic E-state index is 13.7. The number of piperidine rings is 1. The lowest BCUT2D eigenvalue weighted by molar-refractivity contribution is 0.0945. The van der Waals surface area contributed by atoms with E-state index in [0.29, 0.717) is 32.1 Å². The number of likely N-dealkylation sites (tertiary alicyclic amines) is 1. The monoisotopic (exact) mass is 577 g/mol. The molecule has 0 radical (unpaired) electrons. The van der Waals surface area contributed by atoms with Gasteiger partial charge >= 0.3 is 0 Å². The molecule has 0 aliphatic carbocycles. The number of rotatable bonds is 12. The molecule has 11 nitrogen and oxygen atoms in total. The van der Waals surface area contributed by atoms with Crippen LogP contribution in [0.5, 0.6) is 11.5 Å². The fraction of sp³-hybridized carbons (Fsp3) is 0.467. The van der Waals surface area contributed by atoms with Crippen LogP contribution >= 0.6 is 0 Å². The Morgan fingerprint density at radius 3 is 2.64 bits per heavy atom. The second-order valence-electron chi connectivity index (χ2n) is 10.6. The van der Waals surface area contributed by atoms with Gasteiger partial charge in [-0.1, -0.05) is 6.42 Å². The highest BCUT2D eigenvalue weighted by molar-refractivity contribution is 5.91. The van der Waals surface area contributed by atoms with E-state index >= 15 is 0 Å². The molecule has 1 fully saturated rings. The third kappa shape index (κ3) is 6.71. The van der Waals surface area contributed by atoms with Gasteiger partial charge in [0.05, 0.1) is 23.3 Å². The molecule has 4 aromatic rings. The highest BCUT2D eigenvalue weighted by atomic mass is 19.1. The van der Waals surface area contributed by atoms with Crippen molar-refractivity contribution in [3.05, 3.63) is 65.6 Å². The molecule has 12 heteroatoms. The largest absolute Gasteiger partial charge is 0.486 e. The Morgan fingerprint density at radius 1 is 1.00 bits per heavy atom. The number of hydrogen-bond acceptors (Lipinski definition) is 9. The number of amides is 1. The molecular formula is C30H36FN7O4. The Balaban J connectivity index is 1.02. The zero-order valence-corrected chi connectivity index (χ0v) is 23.6. The third-order valence-electron chi connectivity index (χ3n) is 7.66. The van der Waals surface area contributed by atoms with Gasteiger partial charge in [0.15, 0.2) is 23.1 Å². The number of imidazole rings is 1. The Hall–Kier alpha value is -4.03. The summed E-state index contributed by atoms with van der Waals surface area (Å²) in [5.74, 6) is 2.10. The summed E-state index contributed by atoms with van der Waals surface area (Å²) in [6.45, 7) is 6.61. The number of carbonyl (C=O) groups is 1. The first-order valence-corrected chi connectivity index (χ1v) is 14.7. The molecule has 2 aliphatic rings. The van der Waals surface area contributed by atoms with Crippen molar-refractivity contribution in [2.45, 2.75) is 45.2 Å². The van der Waals surface area contributed by atoms with E-state index in [1.54, 1.807) is 0 Å². The topological polar surface area (TPSA) is 120 Å². The highest BCUT2D eigenvalue weighted by Crippen LogP contribution is 2.35. The van der Waals surface area contributed by atoms with Crippen molar-refractivity contribution >= 4 is 16.9 Å². The van der Waals surface area contributed by atoms with E-state index in [0.717, 1.165) is 67.5 Å². The summed E-state index contributed by atoms with van der Waals surface area (Å²) in [6.07, 6.45) is 7.92. The molecule has 0 saturated carbocycles. The maximum absolute atomic E-state index is 13.7. The number of ether oxygens (including phenoxy) is 2. The van der Waals surface area contributed by atoms with E-state index in [-0.39, 0.29) is 17.9 Å². The van der Waals surface area contributed by atoms with Crippen molar-refractivity contribution in [3.63, 3.8) is 0 Å². The van der Waals surface area contributed by atoms with Crippen molar-refractivity contribution in [3.8, 4) is 11.5 Å². The summed E-state index contributed by atoms with van der Waals surface area (Å²) >= 11 is 0. The summed E-state index contributed by atoms with van der Waals surface area (Å²) in [7, 11) is 0. The average Bonchev–Trinajstić information content (AvgIpc) is 3.63. The van der Waals surface area contributed by atoms with Crippen LogP contribution in [-0.2, 0) is 25.9 Å². The predicted molar refractivity (Wildman–Crippen MR) is 153 cm³/mol. The number of halogens is 1. The molecule has 1 aromatic carbocycles. The number of benzene rings is 1. The molecule has 1 saturated heterocycles. The fourth-order valence-corrected chi connectivity index (χ4v) is 5.43. The molecule has 5 heterocycles. The van der Waals surface area contributed by atoms with E-state index in [2.05, 4.69) is 36.1 Å². The van der Waals surface area contributed by atoms with Crippen molar-refractivity contribution < 1.29 is 23.1 Å². The van der Waals surface area contributed by atoms with E-state index in [9.17, 15) is 9.18 Å². The van der Waals surface area contributed by atoms with Crippen LogP contribution in [0.3, 0.4) is 0 Å². The van der Waals surface area contributed by atoms with Gasteiger partial charge in [0.2, 0.25) is 0 Å². The summed E-state index contributed by atoms with van der Waals surface area (Å²) in [5, 5.41) is 6.06. The van der Waals surface area contributed by atoms with Crippen LogP contribution in [0.15, 0.2) is 41.1 Å². The van der Waals surface area contributed by atoms with Gasteiger partial charge in [-0.3, -0.25) is 9.78 Å². The number of hydrogen-bond donors (Lipinski definition) is 2. The Morgan fingerprint density at radius 2 is 1.81 bits per heavy atom. The fourth-order valence-electron chi connectivity index (χ4n) is 5.43. The van der Waals surface area contributed by atoms with Crippen LogP contribution < -0.4 is 20.1 Å². The summed E-state index contributed by atoms with van der Waals surface area (Å²) in [6, 6.07) is 6.86. The van der Waals surface area contributed by atoms with E-state index in [4.69, 9.17) is 18.9 Å². The minimum Gasteiger partial charge on any atom is -0.486 e. The molecule has 2 N–H and O–H groups in total. The maximum Gasteiger partial charge on any atom is 0.273 e. The lowest BCUT2D eigenvalue weighted by Gasteiger charge is -2.27. The van der Waals surface area contributed by atoms with Crippen molar-refractivity contribution in [1.82, 2.24) is 35.1 Å². The first-order valence-electron chi connectivity index (χ1n) is 14.7. The number of nitrogens with one attached hydrogen (secondary N) is 2. The van der Waals surface area contributed by atoms with Crippen LogP contribution in [0.1, 0.15) is 47.2 Å². The van der Waals surface area contributed by atoms with Crippen LogP contribution in [0.2, 0.25) is 0 Å². The van der Waals surface area contributed by atoms with E-state index in [1.807, 2.05) is 6.07 Å². The van der Waals surface area contributed by atoms with Gasteiger partial charge in [-0.25, -0.2) is 14.4 Å². The van der Waals surface area contributed by atoms with Crippen LogP contribution in [-0.4, -0.2) is 76.3 Å². The van der Waals surface area contributed by atoms with Gasteiger partial charge < -0.3 is 34.0 Å². The molecule has 3 aromatic heterocycles. The average molecular weight is 578 g/mol. The van der Waals surface area contributed by atoms with Gasteiger partial charge in [-0.15, -0.1) is 0 Å². The number of aromatic nitrogens is 4.